The van der Waals surface area contributed by atoms with Crippen LogP contribution in [-0.2, 0) is 11.2 Å². The zero-order chi connectivity index (χ0) is 20.2. The average molecular weight is 516 g/mol. The van der Waals surface area contributed by atoms with Gasteiger partial charge in [-0.1, -0.05) is 25.0 Å². The van der Waals surface area contributed by atoms with Crippen LogP contribution in [0.15, 0.2) is 29.3 Å². The Balaban J connectivity index is 0.00000420. The van der Waals surface area contributed by atoms with Crippen molar-refractivity contribution in [3.05, 3.63) is 35.4 Å². The molecular formula is C22H37IN4O2. The monoisotopic (exact) mass is 516 g/mol. The number of carbonyl (C=O) groups is 1. The van der Waals surface area contributed by atoms with E-state index in [-0.39, 0.29) is 29.9 Å². The van der Waals surface area contributed by atoms with Gasteiger partial charge in [0, 0.05) is 39.4 Å². The van der Waals surface area contributed by atoms with Crippen molar-refractivity contribution in [3.63, 3.8) is 0 Å². The summed E-state index contributed by atoms with van der Waals surface area (Å²) in [6.45, 7) is 4.47. The summed E-state index contributed by atoms with van der Waals surface area (Å²) < 4.78 is 5.99. The van der Waals surface area contributed by atoms with E-state index in [0.717, 1.165) is 44.1 Å². The highest BCUT2D eigenvalue weighted by atomic mass is 127. The van der Waals surface area contributed by atoms with Crippen molar-refractivity contribution in [1.29, 1.82) is 0 Å². The van der Waals surface area contributed by atoms with Crippen LogP contribution in [0.2, 0.25) is 0 Å². The maximum Gasteiger partial charge on any atom is 0.251 e. The third kappa shape index (κ3) is 8.90. The lowest BCUT2D eigenvalue weighted by Crippen LogP contribution is -2.40. The molecule has 1 aliphatic carbocycles. The summed E-state index contributed by atoms with van der Waals surface area (Å²) in [5, 5.41) is 9.41. The summed E-state index contributed by atoms with van der Waals surface area (Å²) in [5.74, 6) is 1.46. The number of benzene rings is 1. The van der Waals surface area contributed by atoms with Crippen LogP contribution in [0.3, 0.4) is 0 Å². The minimum Gasteiger partial charge on any atom is -0.378 e. The van der Waals surface area contributed by atoms with Crippen molar-refractivity contribution >= 4 is 35.8 Å². The largest absolute Gasteiger partial charge is 0.378 e. The highest BCUT2D eigenvalue weighted by Crippen LogP contribution is 2.30. The molecule has 7 heteroatoms. The molecule has 164 valence electrons. The van der Waals surface area contributed by atoms with Crippen molar-refractivity contribution in [3.8, 4) is 0 Å². The molecule has 1 atom stereocenters. The maximum atomic E-state index is 11.7. The van der Waals surface area contributed by atoms with Gasteiger partial charge in [-0.05, 0) is 56.2 Å². The molecule has 1 saturated carbocycles. The van der Waals surface area contributed by atoms with E-state index in [9.17, 15) is 4.79 Å². The van der Waals surface area contributed by atoms with Gasteiger partial charge in [0.25, 0.3) is 5.91 Å². The molecule has 1 aromatic carbocycles. The summed E-state index contributed by atoms with van der Waals surface area (Å²) in [4.78, 5) is 16.1. The number of amides is 1. The molecule has 0 saturated heterocycles. The molecule has 0 aliphatic heterocycles. The van der Waals surface area contributed by atoms with Crippen LogP contribution in [0.5, 0.6) is 0 Å². The van der Waals surface area contributed by atoms with Crippen molar-refractivity contribution in [1.82, 2.24) is 16.0 Å². The topological polar surface area (TPSA) is 74.8 Å². The summed E-state index contributed by atoms with van der Waals surface area (Å²) in [7, 11) is 3.44. The fraction of sp³-hybridized carbons (Fsp3) is 0.636. The first kappa shape index (κ1) is 25.7. The molecule has 2 rings (SSSR count). The Bertz CT molecular complexity index is 633. The fourth-order valence-corrected chi connectivity index (χ4v) is 3.89. The minimum atomic E-state index is -0.0570. The van der Waals surface area contributed by atoms with Crippen LogP contribution in [0.1, 0.15) is 54.9 Å². The first-order valence-corrected chi connectivity index (χ1v) is 10.5. The van der Waals surface area contributed by atoms with Crippen LogP contribution < -0.4 is 16.0 Å². The van der Waals surface area contributed by atoms with Gasteiger partial charge in [0.1, 0.15) is 0 Å². The highest BCUT2D eigenvalue weighted by Gasteiger charge is 2.25. The third-order valence-electron chi connectivity index (χ3n) is 5.37. The molecule has 0 aromatic heterocycles. The zero-order valence-electron chi connectivity index (χ0n) is 18.0. The summed E-state index contributed by atoms with van der Waals surface area (Å²) >= 11 is 0. The van der Waals surface area contributed by atoms with E-state index in [1.807, 2.05) is 24.3 Å². The molecule has 0 heterocycles. The van der Waals surface area contributed by atoms with Crippen molar-refractivity contribution in [2.75, 3.05) is 33.8 Å². The molecule has 3 N–H and O–H groups in total. The molecule has 0 spiro atoms. The van der Waals surface area contributed by atoms with Crippen molar-refractivity contribution < 1.29 is 9.53 Å². The number of halogens is 1. The Hall–Kier alpha value is -1.35. The second-order valence-corrected chi connectivity index (χ2v) is 7.28. The SMILES string of the molecule is CCOC(CCNC(=NC)NCCc1cccc(C(=O)NC)c1)C1CCCC1.I. The van der Waals surface area contributed by atoms with Gasteiger partial charge in [0.2, 0.25) is 0 Å². The first-order valence-electron chi connectivity index (χ1n) is 10.5. The van der Waals surface area contributed by atoms with Crippen LogP contribution >= 0.6 is 24.0 Å². The second-order valence-electron chi connectivity index (χ2n) is 7.28. The van der Waals surface area contributed by atoms with Crippen molar-refractivity contribution in [2.24, 2.45) is 10.9 Å². The Morgan fingerprint density at radius 1 is 1.24 bits per heavy atom. The summed E-state index contributed by atoms with van der Waals surface area (Å²) in [6.07, 6.45) is 7.46. The zero-order valence-corrected chi connectivity index (χ0v) is 20.3. The lowest BCUT2D eigenvalue weighted by molar-refractivity contribution is 0.0169. The molecular weight excluding hydrogens is 479 g/mol. The van der Waals surface area contributed by atoms with Crippen molar-refractivity contribution in [2.45, 2.75) is 51.6 Å². The van der Waals surface area contributed by atoms with Gasteiger partial charge in [0.05, 0.1) is 6.10 Å². The van der Waals surface area contributed by atoms with Crippen LogP contribution in [0.25, 0.3) is 0 Å². The van der Waals surface area contributed by atoms with Crippen LogP contribution in [0.4, 0.5) is 0 Å². The van der Waals surface area contributed by atoms with Gasteiger partial charge in [-0.3, -0.25) is 9.79 Å². The molecule has 0 radical (unpaired) electrons. The normalized spacial score (nSPS) is 15.5. The molecule has 6 nitrogen and oxygen atoms in total. The van der Waals surface area contributed by atoms with Crippen LogP contribution in [0, 0.1) is 5.92 Å². The van der Waals surface area contributed by atoms with Crippen LogP contribution in [-0.4, -0.2) is 51.8 Å². The first-order chi connectivity index (χ1) is 13.7. The number of aliphatic imine (C=N–C) groups is 1. The van der Waals surface area contributed by atoms with E-state index < -0.39 is 0 Å². The quantitative estimate of drug-likeness (QED) is 0.253. The number of nitrogens with one attached hydrogen (secondary N) is 3. The maximum absolute atomic E-state index is 11.7. The highest BCUT2D eigenvalue weighted by molar-refractivity contribution is 14.0. The summed E-state index contributed by atoms with van der Waals surface area (Å²) in [6, 6.07) is 7.73. The van der Waals surface area contributed by atoms with E-state index in [0.29, 0.717) is 17.6 Å². The van der Waals surface area contributed by atoms with E-state index in [1.54, 1.807) is 14.1 Å². The number of ether oxygens (including phenoxy) is 1. The lowest BCUT2D eigenvalue weighted by Gasteiger charge is -2.24. The number of hydrogen-bond acceptors (Lipinski definition) is 3. The molecule has 1 aromatic rings. The van der Waals surface area contributed by atoms with Gasteiger partial charge in [0.15, 0.2) is 5.96 Å². The molecule has 1 amide bonds. The molecule has 1 aliphatic rings. The number of rotatable bonds is 10. The molecule has 0 bridgehead atoms. The average Bonchev–Trinajstić information content (AvgIpc) is 3.26. The molecule has 1 fully saturated rings. The number of hydrogen-bond donors (Lipinski definition) is 3. The molecule has 29 heavy (non-hydrogen) atoms. The second kappa shape index (κ2) is 14.6. The van der Waals surface area contributed by atoms with E-state index >= 15 is 0 Å². The third-order valence-corrected chi connectivity index (χ3v) is 5.37. The summed E-state index contributed by atoms with van der Waals surface area (Å²) in [5.41, 5.74) is 1.82. The smallest absolute Gasteiger partial charge is 0.251 e. The Kier molecular flexibility index (Phi) is 12.9. The predicted octanol–water partition coefficient (Wildman–Crippen LogP) is 3.36. The van der Waals surface area contributed by atoms with Gasteiger partial charge in [-0.15, -0.1) is 24.0 Å². The van der Waals surface area contributed by atoms with E-state index in [2.05, 4.69) is 27.9 Å². The van der Waals surface area contributed by atoms with E-state index in [1.165, 1.54) is 25.7 Å². The lowest BCUT2D eigenvalue weighted by atomic mass is 9.98. The Morgan fingerprint density at radius 3 is 2.62 bits per heavy atom. The van der Waals surface area contributed by atoms with Gasteiger partial charge in [-0.25, -0.2) is 0 Å². The van der Waals surface area contributed by atoms with Gasteiger partial charge in [-0.2, -0.15) is 0 Å². The number of guanidine groups is 1. The standard InChI is InChI=1S/C22H36N4O2.HI/c1-4-28-20(18-9-5-6-10-18)13-15-26-22(24-3)25-14-12-17-8-7-11-19(16-17)21(27)23-2;/h7-8,11,16,18,20H,4-6,9-10,12-15H2,1-3H3,(H,23,27)(H2,24,25,26);1H. The fourth-order valence-electron chi connectivity index (χ4n) is 3.89. The molecule has 1 unspecified atom stereocenters. The number of carbonyl (C=O) groups excluding carboxylic acids is 1. The van der Waals surface area contributed by atoms with E-state index in [4.69, 9.17) is 4.74 Å². The Morgan fingerprint density at radius 2 is 1.97 bits per heavy atom. The number of nitrogens with zero attached hydrogens (tertiary/aromatic N) is 1. The predicted molar refractivity (Wildman–Crippen MR) is 130 cm³/mol. The minimum absolute atomic E-state index is 0. The van der Waals surface area contributed by atoms with Gasteiger partial charge < -0.3 is 20.7 Å². The van der Waals surface area contributed by atoms with Gasteiger partial charge >= 0.3 is 0 Å². The Labute approximate surface area is 192 Å².